The van der Waals surface area contributed by atoms with Gasteiger partial charge in [0, 0.05) is 38.0 Å². The number of halogens is 1. The Morgan fingerprint density at radius 2 is 1.90 bits per heavy atom. The molecule has 0 saturated carbocycles. The Morgan fingerprint density at radius 3 is 2.52 bits per heavy atom. The highest BCUT2D eigenvalue weighted by Crippen LogP contribution is 2.21. The second-order valence-electron chi connectivity index (χ2n) is 7.87. The third kappa shape index (κ3) is 8.07. The Labute approximate surface area is 207 Å². The fourth-order valence-electron chi connectivity index (χ4n) is 3.76. The molecular formula is C23H34IN5OS. The zero-order chi connectivity index (χ0) is 21.3. The molecule has 6 nitrogen and oxygen atoms in total. The number of nitrogens with zero attached hydrogens (tertiary/aromatic N) is 3. The number of aromatic nitrogens is 1. The Morgan fingerprint density at radius 1 is 1.19 bits per heavy atom. The number of guanidine groups is 1. The molecule has 0 unspecified atom stereocenters. The van der Waals surface area contributed by atoms with Crippen molar-refractivity contribution in [3.63, 3.8) is 0 Å². The van der Waals surface area contributed by atoms with Gasteiger partial charge in [0.05, 0.1) is 17.2 Å². The summed E-state index contributed by atoms with van der Waals surface area (Å²) in [4.78, 5) is 24.6. The lowest BCUT2D eigenvalue weighted by atomic mass is 9.90. The molecule has 170 valence electrons. The maximum Gasteiger partial charge on any atom is 0.241 e. The van der Waals surface area contributed by atoms with Gasteiger partial charge in [-0.05, 0) is 44.6 Å². The first-order valence-corrected chi connectivity index (χ1v) is 11.6. The molecule has 1 aromatic carbocycles. The molecule has 1 fully saturated rings. The van der Waals surface area contributed by atoms with Crippen LogP contribution in [0, 0.1) is 19.8 Å². The summed E-state index contributed by atoms with van der Waals surface area (Å²) < 4.78 is 0. The topological polar surface area (TPSA) is 69.6 Å². The standard InChI is InChI=1S/C23H33N5OS.HI/c1-17-18(2)30-21(27-17)9-12-25-23(24-3)26-16-22(29)28-13-10-20(11-14-28)15-19-7-5-4-6-8-19;/h4-8,20H,9-16H2,1-3H3,(H2,24,25,26);1H. The number of hydrogen-bond donors (Lipinski definition) is 2. The highest BCUT2D eigenvalue weighted by atomic mass is 127. The lowest BCUT2D eigenvalue weighted by molar-refractivity contribution is -0.131. The van der Waals surface area contributed by atoms with Gasteiger partial charge < -0.3 is 15.5 Å². The first kappa shape index (κ1) is 25.6. The van der Waals surface area contributed by atoms with E-state index in [1.807, 2.05) is 11.8 Å². The molecule has 2 aromatic rings. The Kier molecular flexibility index (Phi) is 10.7. The van der Waals surface area contributed by atoms with Crippen LogP contribution in [0.15, 0.2) is 35.3 Å². The summed E-state index contributed by atoms with van der Waals surface area (Å²) in [7, 11) is 1.73. The predicted molar refractivity (Wildman–Crippen MR) is 140 cm³/mol. The van der Waals surface area contributed by atoms with Crippen molar-refractivity contribution in [2.75, 3.05) is 33.2 Å². The van der Waals surface area contributed by atoms with Gasteiger partial charge in [0.2, 0.25) is 5.91 Å². The van der Waals surface area contributed by atoms with E-state index in [1.165, 1.54) is 10.4 Å². The smallest absolute Gasteiger partial charge is 0.241 e. The van der Waals surface area contributed by atoms with E-state index in [9.17, 15) is 4.79 Å². The molecule has 0 bridgehead atoms. The van der Waals surface area contributed by atoms with E-state index < -0.39 is 0 Å². The summed E-state index contributed by atoms with van der Waals surface area (Å²) in [6.45, 7) is 6.84. The van der Waals surface area contributed by atoms with Crippen molar-refractivity contribution in [2.45, 2.75) is 39.5 Å². The molecule has 31 heavy (non-hydrogen) atoms. The van der Waals surface area contributed by atoms with Gasteiger partial charge >= 0.3 is 0 Å². The van der Waals surface area contributed by atoms with Crippen LogP contribution in [-0.4, -0.2) is 55.0 Å². The molecular weight excluding hydrogens is 521 g/mol. The van der Waals surface area contributed by atoms with Crippen molar-refractivity contribution >= 4 is 47.2 Å². The molecule has 1 aliphatic heterocycles. The van der Waals surface area contributed by atoms with Crippen molar-refractivity contribution in [1.29, 1.82) is 0 Å². The van der Waals surface area contributed by atoms with E-state index in [0.29, 0.717) is 11.9 Å². The zero-order valence-electron chi connectivity index (χ0n) is 18.7. The summed E-state index contributed by atoms with van der Waals surface area (Å²) in [5.74, 6) is 1.46. The molecule has 0 aliphatic carbocycles. The zero-order valence-corrected chi connectivity index (χ0v) is 21.8. The van der Waals surface area contributed by atoms with Crippen LogP contribution in [0.5, 0.6) is 0 Å². The minimum absolute atomic E-state index is 0. The van der Waals surface area contributed by atoms with Crippen molar-refractivity contribution in [3.8, 4) is 0 Å². The lowest BCUT2D eigenvalue weighted by Crippen LogP contribution is -2.47. The van der Waals surface area contributed by atoms with E-state index in [-0.39, 0.29) is 36.4 Å². The molecule has 2 heterocycles. The fraction of sp³-hybridized carbons (Fsp3) is 0.522. The SMILES string of the molecule is CN=C(NCCc1nc(C)c(C)s1)NCC(=O)N1CCC(Cc2ccccc2)CC1.I. The normalized spacial score (nSPS) is 14.8. The third-order valence-corrected chi connectivity index (χ3v) is 6.80. The van der Waals surface area contributed by atoms with Crippen LogP contribution in [0.2, 0.25) is 0 Å². The van der Waals surface area contributed by atoms with Crippen LogP contribution in [-0.2, 0) is 17.6 Å². The maximum atomic E-state index is 12.6. The first-order valence-electron chi connectivity index (χ1n) is 10.7. The number of rotatable bonds is 7. The minimum Gasteiger partial charge on any atom is -0.356 e. The Hall–Kier alpha value is -1.68. The van der Waals surface area contributed by atoms with Crippen LogP contribution in [0.3, 0.4) is 0 Å². The Bertz CT molecular complexity index is 827. The average Bonchev–Trinajstić information content (AvgIpc) is 3.08. The summed E-state index contributed by atoms with van der Waals surface area (Å²) in [5.41, 5.74) is 2.50. The number of aryl methyl sites for hydroxylation is 2. The molecule has 1 aromatic heterocycles. The van der Waals surface area contributed by atoms with Crippen molar-refractivity contribution in [2.24, 2.45) is 10.9 Å². The monoisotopic (exact) mass is 555 g/mol. The van der Waals surface area contributed by atoms with E-state index in [0.717, 1.165) is 56.0 Å². The third-order valence-electron chi connectivity index (χ3n) is 5.67. The molecule has 1 amide bonds. The number of piperidine rings is 1. The van der Waals surface area contributed by atoms with Crippen molar-refractivity contribution in [1.82, 2.24) is 20.5 Å². The van der Waals surface area contributed by atoms with Crippen LogP contribution in [0.25, 0.3) is 0 Å². The number of likely N-dealkylation sites (tertiary alicyclic amines) is 1. The average molecular weight is 556 g/mol. The fourth-order valence-corrected chi connectivity index (χ4v) is 4.69. The quantitative estimate of drug-likeness (QED) is 0.312. The number of benzene rings is 1. The summed E-state index contributed by atoms with van der Waals surface area (Å²) >= 11 is 1.74. The van der Waals surface area contributed by atoms with E-state index in [4.69, 9.17) is 0 Å². The van der Waals surface area contributed by atoms with E-state index in [1.54, 1.807) is 18.4 Å². The van der Waals surface area contributed by atoms with Gasteiger partial charge in [0.15, 0.2) is 5.96 Å². The molecule has 1 saturated heterocycles. The highest BCUT2D eigenvalue weighted by Gasteiger charge is 2.22. The van der Waals surface area contributed by atoms with E-state index >= 15 is 0 Å². The van der Waals surface area contributed by atoms with Crippen LogP contribution >= 0.6 is 35.3 Å². The predicted octanol–water partition coefficient (Wildman–Crippen LogP) is 3.57. The minimum atomic E-state index is 0. The Balaban J connectivity index is 0.00000341. The largest absolute Gasteiger partial charge is 0.356 e. The second kappa shape index (κ2) is 13.0. The van der Waals surface area contributed by atoms with Gasteiger partial charge in [-0.2, -0.15) is 0 Å². The van der Waals surface area contributed by atoms with Gasteiger partial charge in [0.1, 0.15) is 0 Å². The summed E-state index contributed by atoms with van der Waals surface area (Å²) in [6.07, 6.45) is 4.10. The number of nitrogens with one attached hydrogen (secondary N) is 2. The van der Waals surface area contributed by atoms with Crippen LogP contribution < -0.4 is 10.6 Å². The maximum absolute atomic E-state index is 12.6. The number of amides is 1. The summed E-state index contributed by atoms with van der Waals surface area (Å²) in [5, 5.41) is 7.55. The number of thiazole rings is 1. The number of aliphatic imine (C=N–C) groups is 1. The molecule has 0 radical (unpaired) electrons. The van der Waals surface area contributed by atoms with Crippen LogP contribution in [0.1, 0.15) is 34.0 Å². The van der Waals surface area contributed by atoms with Gasteiger partial charge in [-0.3, -0.25) is 9.79 Å². The number of carbonyl (C=O) groups is 1. The highest BCUT2D eigenvalue weighted by molar-refractivity contribution is 14.0. The van der Waals surface area contributed by atoms with E-state index in [2.05, 4.69) is 57.9 Å². The molecule has 3 rings (SSSR count). The second-order valence-corrected chi connectivity index (χ2v) is 9.15. The van der Waals surface area contributed by atoms with Gasteiger partial charge in [-0.15, -0.1) is 35.3 Å². The lowest BCUT2D eigenvalue weighted by Gasteiger charge is -2.32. The summed E-state index contributed by atoms with van der Waals surface area (Å²) in [6, 6.07) is 10.6. The van der Waals surface area contributed by atoms with Crippen molar-refractivity contribution < 1.29 is 4.79 Å². The molecule has 8 heteroatoms. The molecule has 0 atom stereocenters. The van der Waals surface area contributed by atoms with Crippen LogP contribution in [0.4, 0.5) is 0 Å². The molecule has 0 spiro atoms. The first-order chi connectivity index (χ1) is 14.5. The van der Waals surface area contributed by atoms with Gasteiger partial charge in [0.25, 0.3) is 0 Å². The molecule has 1 aliphatic rings. The van der Waals surface area contributed by atoms with Gasteiger partial charge in [-0.25, -0.2) is 4.98 Å². The van der Waals surface area contributed by atoms with Crippen molar-refractivity contribution in [3.05, 3.63) is 51.5 Å². The number of hydrogen-bond acceptors (Lipinski definition) is 4. The molecule has 2 N–H and O–H groups in total. The number of carbonyl (C=O) groups excluding carboxylic acids is 1. The van der Waals surface area contributed by atoms with Gasteiger partial charge in [-0.1, -0.05) is 30.3 Å².